The largest absolute Gasteiger partial charge is 0.362 e. The molecule has 4 heterocycles. The number of likely N-dealkylation sites (N-methyl/N-ethyl adjacent to an activating group) is 1. The van der Waals surface area contributed by atoms with Crippen molar-refractivity contribution in [2.45, 2.75) is 54.0 Å². The minimum atomic E-state index is -0.143. The van der Waals surface area contributed by atoms with Crippen LogP contribution in [-0.4, -0.2) is 56.6 Å². The van der Waals surface area contributed by atoms with Crippen LogP contribution in [0.5, 0.6) is 0 Å². The van der Waals surface area contributed by atoms with Crippen LogP contribution >= 0.6 is 11.8 Å². The lowest BCUT2D eigenvalue weighted by molar-refractivity contribution is -0.116. The number of carbonyl (C=O) groups excluding carboxylic acids is 1. The van der Waals surface area contributed by atoms with E-state index in [1.807, 2.05) is 31.7 Å². The maximum absolute atomic E-state index is 12.4. The topological polar surface area (TPSA) is 88.0 Å². The lowest BCUT2D eigenvalue weighted by atomic mass is 10.00. The molecule has 0 aliphatic carbocycles. The third kappa shape index (κ3) is 6.16. The molecule has 42 heavy (non-hydrogen) atoms. The molecule has 4 aromatic rings. The Bertz CT molecular complexity index is 1600. The number of thioether (sulfide) groups is 1. The van der Waals surface area contributed by atoms with Gasteiger partial charge in [0.1, 0.15) is 11.6 Å². The SMILES string of the molecule is CCNC(=O)/C=C/c1c(C)nc(-n2c(C)ccc2C)nc1NC(CC)c1cc2cccc(C)c2nc1N1CCSCC1. The Morgan fingerprint density at radius 1 is 1.02 bits per heavy atom. The van der Waals surface area contributed by atoms with Gasteiger partial charge in [0.05, 0.1) is 17.3 Å². The highest BCUT2D eigenvalue weighted by atomic mass is 32.2. The Balaban J connectivity index is 1.64. The number of anilines is 2. The number of nitrogens with one attached hydrogen (secondary N) is 2. The number of amides is 1. The van der Waals surface area contributed by atoms with Gasteiger partial charge >= 0.3 is 0 Å². The molecule has 1 fully saturated rings. The predicted octanol–water partition coefficient (Wildman–Crippen LogP) is 6.31. The van der Waals surface area contributed by atoms with Gasteiger partial charge < -0.3 is 15.5 Å². The summed E-state index contributed by atoms with van der Waals surface area (Å²) in [7, 11) is 0. The molecule has 1 unspecified atom stereocenters. The molecule has 0 spiro atoms. The van der Waals surface area contributed by atoms with Gasteiger partial charge in [0.15, 0.2) is 0 Å². The Labute approximate surface area is 253 Å². The second-order valence-electron chi connectivity index (χ2n) is 10.8. The molecule has 8 nitrogen and oxygen atoms in total. The maximum atomic E-state index is 12.4. The van der Waals surface area contributed by atoms with Crippen molar-refractivity contribution in [2.75, 3.05) is 41.4 Å². The van der Waals surface area contributed by atoms with Crippen molar-refractivity contribution in [1.29, 1.82) is 0 Å². The van der Waals surface area contributed by atoms with E-state index < -0.39 is 0 Å². The fourth-order valence-electron chi connectivity index (χ4n) is 5.56. The summed E-state index contributed by atoms with van der Waals surface area (Å²) >= 11 is 2.00. The Hall–Kier alpha value is -3.85. The number of aryl methyl sites for hydroxylation is 4. The van der Waals surface area contributed by atoms with Crippen LogP contribution in [0.25, 0.3) is 22.9 Å². The quantitative estimate of drug-likeness (QED) is 0.223. The van der Waals surface area contributed by atoms with Crippen LogP contribution < -0.4 is 15.5 Å². The Kier molecular flexibility index (Phi) is 9.16. The molecule has 0 saturated carbocycles. The molecule has 1 aromatic carbocycles. The number of para-hydroxylation sites is 1. The minimum absolute atomic E-state index is 0.0578. The van der Waals surface area contributed by atoms with E-state index in [2.05, 4.69) is 84.2 Å². The van der Waals surface area contributed by atoms with Crippen LogP contribution in [0.4, 0.5) is 11.6 Å². The Morgan fingerprint density at radius 2 is 1.76 bits per heavy atom. The van der Waals surface area contributed by atoms with E-state index in [1.165, 1.54) is 5.56 Å². The standard InChI is InChI=1S/C33H41N7OS/c1-7-28(27-20-25-11-9-10-21(3)30(25)37-32(27)39-16-18-42-19-17-39)36-31-26(14-15-29(41)34-8-2)24(6)35-33(38-31)40-22(4)12-13-23(40)5/h9-15,20,28H,7-8,16-19H2,1-6H3,(H,34,41)(H,35,36,38)/b15-14+. The van der Waals surface area contributed by atoms with Gasteiger partial charge in [-0.15, -0.1) is 0 Å². The molecule has 9 heteroatoms. The van der Waals surface area contributed by atoms with Gasteiger partial charge in [0, 0.05) is 65.1 Å². The number of pyridine rings is 1. The van der Waals surface area contributed by atoms with Crippen molar-refractivity contribution in [3.8, 4) is 5.95 Å². The van der Waals surface area contributed by atoms with Crippen molar-refractivity contribution in [2.24, 2.45) is 0 Å². The number of aromatic nitrogens is 4. The van der Waals surface area contributed by atoms with Crippen molar-refractivity contribution in [3.05, 3.63) is 76.2 Å². The number of carbonyl (C=O) groups is 1. The summed E-state index contributed by atoms with van der Waals surface area (Å²) in [6, 6.07) is 12.8. The lowest BCUT2D eigenvalue weighted by Gasteiger charge is -2.32. The normalized spacial score (nSPS) is 14.5. The Morgan fingerprint density at radius 3 is 2.45 bits per heavy atom. The first kappa shape index (κ1) is 29.6. The number of nitrogens with zero attached hydrogens (tertiary/aromatic N) is 5. The van der Waals surface area contributed by atoms with Gasteiger partial charge in [-0.05, 0) is 70.9 Å². The molecule has 3 aromatic heterocycles. The van der Waals surface area contributed by atoms with E-state index in [0.717, 1.165) is 75.9 Å². The summed E-state index contributed by atoms with van der Waals surface area (Å²) in [5, 5.41) is 7.77. The molecule has 1 amide bonds. The summed E-state index contributed by atoms with van der Waals surface area (Å²) in [5.41, 5.74) is 7.11. The van der Waals surface area contributed by atoms with Crippen molar-refractivity contribution >= 4 is 46.3 Å². The predicted molar refractivity (Wildman–Crippen MR) is 176 cm³/mol. The van der Waals surface area contributed by atoms with Gasteiger partial charge in [0.2, 0.25) is 11.9 Å². The van der Waals surface area contributed by atoms with E-state index >= 15 is 0 Å². The fraction of sp³-hybridized carbons (Fsp3) is 0.394. The highest BCUT2D eigenvalue weighted by molar-refractivity contribution is 7.99. The minimum Gasteiger partial charge on any atom is -0.362 e. The summed E-state index contributed by atoms with van der Waals surface area (Å²) < 4.78 is 2.06. The molecule has 1 aliphatic rings. The second kappa shape index (κ2) is 13.0. The average molecular weight is 584 g/mol. The highest BCUT2D eigenvalue weighted by Gasteiger charge is 2.24. The molecule has 220 valence electrons. The van der Waals surface area contributed by atoms with Crippen LogP contribution in [0.1, 0.15) is 60.1 Å². The first-order valence-electron chi connectivity index (χ1n) is 14.8. The van der Waals surface area contributed by atoms with Crippen LogP contribution in [-0.2, 0) is 4.79 Å². The zero-order valence-corrected chi connectivity index (χ0v) is 26.3. The fourth-order valence-corrected chi connectivity index (χ4v) is 6.46. The zero-order valence-electron chi connectivity index (χ0n) is 25.5. The number of benzene rings is 1. The first-order valence-corrected chi connectivity index (χ1v) is 16.0. The molecule has 0 radical (unpaired) electrons. The van der Waals surface area contributed by atoms with Gasteiger partial charge in [-0.25, -0.2) is 9.97 Å². The van der Waals surface area contributed by atoms with E-state index in [1.54, 1.807) is 6.08 Å². The molecule has 0 bridgehead atoms. The number of hydrogen-bond acceptors (Lipinski definition) is 7. The highest BCUT2D eigenvalue weighted by Crippen LogP contribution is 2.35. The summed E-state index contributed by atoms with van der Waals surface area (Å²) in [4.78, 5) is 30.0. The molecule has 5 rings (SSSR count). The lowest BCUT2D eigenvalue weighted by Crippen LogP contribution is -2.34. The van der Waals surface area contributed by atoms with E-state index in [4.69, 9.17) is 15.0 Å². The third-order valence-corrected chi connectivity index (χ3v) is 8.75. The van der Waals surface area contributed by atoms with Crippen molar-refractivity contribution < 1.29 is 4.79 Å². The molecule has 2 N–H and O–H groups in total. The second-order valence-corrected chi connectivity index (χ2v) is 12.0. The summed E-state index contributed by atoms with van der Waals surface area (Å²) in [5.74, 6) is 4.39. The number of fused-ring (bicyclic) bond motifs is 1. The van der Waals surface area contributed by atoms with E-state index in [9.17, 15) is 4.79 Å². The summed E-state index contributed by atoms with van der Waals surface area (Å²) in [6.07, 6.45) is 4.21. The van der Waals surface area contributed by atoms with E-state index in [0.29, 0.717) is 18.3 Å². The average Bonchev–Trinajstić information content (AvgIpc) is 3.32. The number of rotatable bonds is 9. The molecule has 1 atom stereocenters. The molecular formula is C33H41N7OS. The molecule has 1 aliphatic heterocycles. The smallest absolute Gasteiger partial charge is 0.243 e. The van der Waals surface area contributed by atoms with Gasteiger partial charge in [-0.1, -0.05) is 25.1 Å². The zero-order chi connectivity index (χ0) is 29.8. The summed E-state index contributed by atoms with van der Waals surface area (Å²) in [6.45, 7) is 14.8. The van der Waals surface area contributed by atoms with Crippen LogP contribution in [0.15, 0.2) is 42.5 Å². The van der Waals surface area contributed by atoms with Crippen LogP contribution in [0, 0.1) is 27.7 Å². The monoisotopic (exact) mass is 583 g/mol. The van der Waals surface area contributed by atoms with Gasteiger partial charge in [-0.3, -0.25) is 9.36 Å². The van der Waals surface area contributed by atoms with Crippen molar-refractivity contribution in [3.63, 3.8) is 0 Å². The number of hydrogen-bond donors (Lipinski definition) is 2. The van der Waals surface area contributed by atoms with Crippen LogP contribution in [0.3, 0.4) is 0 Å². The molecular weight excluding hydrogens is 542 g/mol. The maximum Gasteiger partial charge on any atom is 0.243 e. The third-order valence-electron chi connectivity index (χ3n) is 7.81. The van der Waals surface area contributed by atoms with Crippen molar-refractivity contribution in [1.82, 2.24) is 24.8 Å². The molecule has 1 saturated heterocycles. The first-order chi connectivity index (χ1) is 20.3. The van der Waals surface area contributed by atoms with Gasteiger partial charge in [0.25, 0.3) is 0 Å². The van der Waals surface area contributed by atoms with Gasteiger partial charge in [-0.2, -0.15) is 16.7 Å². The van der Waals surface area contributed by atoms with Crippen LogP contribution in [0.2, 0.25) is 0 Å². The van der Waals surface area contributed by atoms with E-state index in [-0.39, 0.29) is 11.9 Å².